The van der Waals surface area contributed by atoms with E-state index < -0.39 is 0 Å². The molecule has 0 amide bonds. The first-order valence-electron chi connectivity index (χ1n) is 8.19. The molecular formula is C21H19NO4. The maximum Gasteiger partial charge on any atom is 0.277 e. The first-order chi connectivity index (χ1) is 12.6. The third-order valence-electron chi connectivity index (χ3n) is 4.14. The van der Waals surface area contributed by atoms with Crippen molar-refractivity contribution in [1.29, 1.82) is 0 Å². The first-order valence-corrected chi connectivity index (χ1v) is 8.19. The van der Waals surface area contributed by atoms with Gasteiger partial charge in [0.25, 0.3) is 5.69 Å². The normalized spacial score (nSPS) is 10.4. The van der Waals surface area contributed by atoms with E-state index >= 15 is 0 Å². The summed E-state index contributed by atoms with van der Waals surface area (Å²) in [7, 11) is 1.58. The van der Waals surface area contributed by atoms with Gasteiger partial charge < -0.3 is 9.47 Å². The van der Waals surface area contributed by atoms with E-state index in [9.17, 15) is 10.1 Å². The number of hydrogen-bond acceptors (Lipinski definition) is 4. The molecule has 0 unspecified atom stereocenters. The van der Waals surface area contributed by atoms with Gasteiger partial charge in [0.15, 0.2) is 0 Å². The van der Waals surface area contributed by atoms with Crippen molar-refractivity contribution in [2.24, 2.45) is 0 Å². The van der Waals surface area contributed by atoms with Crippen LogP contribution in [0.25, 0.3) is 11.1 Å². The lowest BCUT2D eigenvalue weighted by atomic mass is 9.97. The number of rotatable bonds is 6. The predicted octanol–water partition coefficient (Wildman–Crippen LogP) is 5.16. The van der Waals surface area contributed by atoms with E-state index in [1.807, 2.05) is 43.3 Å². The average Bonchev–Trinajstić information content (AvgIpc) is 2.67. The molecule has 0 spiro atoms. The molecule has 5 heteroatoms. The molecule has 5 nitrogen and oxygen atoms in total. The van der Waals surface area contributed by atoms with Crippen molar-refractivity contribution in [2.75, 3.05) is 7.11 Å². The largest absolute Gasteiger partial charge is 0.497 e. The fourth-order valence-electron chi connectivity index (χ4n) is 2.85. The summed E-state index contributed by atoms with van der Waals surface area (Å²) < 4.78 is 11.3. The minimum atomic E-state index is -0.368. The average molecular weight is 349 g/mol. The molecule has 0 atom stereocenters. The minimum Gasteiger partial charge on any atom is -0.497 e. The van der Waals surface area contributed by atoms with Gasteiger partial charge in [0.05, 0.1) is 17.6 Å². The molecule has 0 radical (unpaired) electrons. The van der Waals surface area contributed by atoms with Gasteiger partial charge in [-0.1, -0.05) is 42.5 Å². The molecular weight excluding hydrogens is 330 g/mol. The van der Waals surface area contributed by atoms with Crippen LogP contribution in [0.4, 0.5) is 5.69 Å². The van der Waals surface area contributed by atoms with Crippen LogP contribution < -0.4 is 9.47 Å². The summed E-state index contributed by atoms with van der Waals surface area (Å²) >= 11 is 0. The van der Waals surface area contributed by atoms with Crippen LogP contribution >= 0.6 is 0 Å². The second kappa shape index (κ2) is 7.70. The molecule has 0 saturated carbocycles. The van der Waals surface area contributed by atoms with Crippen LogP contribution in [0.3, 0.4) is 0 Å². The molecule has 0 fully saturated rings. The molecule has 0 aliphatic rings. The van der Waals surface area contributed by atoms with Crippen LogP contribution in [0.5, 0.6) is 11.5 Å². The Bertz CT molecular complexity index is 923. The molecule has 0 aliphatic carbocycles. The number of aryl methyl sites for hydroxylation is 1. The van der Waals surface area contributed by atoms with Gasteiger partial charge in [-0.05, 0) is 30.2 Å². The van der Waals surface area contributed by atoms with Crippen molar-refractivity contribution < 1.29 is 14.4 Å². The Kier molecular flexibility index (Phi) is 5.17. The van der Waals surface area contributed by atoms with Crippen LogP contribution in [-0.4, -0.2) is 12.0 Å². The van der Waals surface area contributed by atoms with Crippen LogP contribution in [0.1, 0.15) is 11.1 Å². The van der Waals surface area contributed by atoms with Crippen LogP contribution in [0, 0.1) is 17.0 Å². The quantitative estimate of drug-likeness (QED) is 0.456. The lowest BCUT2D eigenvalue weighted by Crippen LogP contribution is -2.00. The zero-order valence-corrected chi connectivity index (χ0v) is 14.6. The smallest absolute Gasteiger partial charge is 0.277 e. The van der Waals surface area contributed by atoms with Crippen LogP contribution in [0.2, 0.25) is 0 Å². The molecule has 0 heterocycles. The first kappa shape index (κ1) is 17.5. The van der Waals surface area contributed by atoms with Gasteiger partial charge in [-0.25, -0.2) is 0 Å². The molecule has 132 valence electrons. The number of benzene rings is 3. The third kappa shape index (κ3) is 3.67. The molecule has 0 aliphatic heterocycles. The number of hydrogen-bond donors (Lipinski definition) is 0. The molecule has 0 aromatic heterocycles. The van der Waals surface area contributed by atoms with Gasteiger partial charge in [0.1, 0.15) is 18.1 Å². The van der Waals surface area contributed by atoms with Crippen molar-refractivity contribution in [3.05, 3.63) is 88.0 Å². The molecule has 0 N–H and O–H groups in total. The van der Waals surface area contributed by atoms with Crippen molar-refractivity contribution in [3.8, 4) is 22.6 Å². The summed E-state index contributed by atoms with van der Waals surface area (Å²) in [6.07, 6.45) is 0. The summed E-state index contributed by atoms with van der Waals surface area (Å²) in [4.78, 5) is 11.1. The topological polar surface area (TPSA) is 61.6 Å². The molecule has 0 bridgehead atoms. The van der Waals surface area contributed by atoms with Gasteiger partial charge >= 0.3 is 0 Å². The summed E-state index contributed by atoms with van der Waals surface area (Å²) in [6.45, 7) is 2.22. The van der Waals surface area contributed by atoms with Crippen LogP contribution in [0.15, 0.2) is 66.7 Å². The molecule has 3 aromatic carbocycles. The standard InChI is InChI=1S/C21H19NO4/c1-15-7-6-10-19(22(23)24)21(15)18-12-11-17(25-2)13-20(18)26-14-16-8-4-3-5-9-16/h3-13H,14H2,1-2H3. The number of nitro groups is 1. The van der Waals surface area contributed by atoms with E-state index in [-0.39, 0.29) is 10.6 Å². The highest BCUT2D eigenvalue weighted by atomic mass is 16.6. The number of ether oxygens (including phenoxy) is 2. The molecule has 26 heavy (non-hydrogen) atoms. The third-order valence-corrected chi connectivity index (χ3v) is 4.14. The highest BCUT2D eigenvalue weighted by Crippen LogP contribution is 2.40. The SMILES string of the molecule is COc1ccc(-c2c(C)cccc2[N+](=O)[O-])c(OCc2ccccc2)c1. The van der Waals surface area contributed by atoms with Crippen molar-refractivity contribution >= 4 is 5.69 Å². The second-order valence-corrected chi connectivity index (χ2v) is 5.86. The zero-order chi connectivity index (χ0) is 18.5. The Labute approximate surface area is 152 Å². The van der Waals surface area contributed by atoms with Crippen molar-refractivity contribution in [2.45, 2.75) is 13.5 Å². The summed E-state index contributed by atoms with van der Waals surface area (Å²) in [6, 6.07) is 20.1. The Hall–Kier alpha value is -3.34. The highest BCUT2D eigenvalue weighted by Gasteiger charge is 2.21. The monoisotopic (exact) mass is 349 g/mol. The second-order valence-electron chi connectivity index (χ2n) is 5.86. The van der Waals surface area contributed by atoms with E-state index in [1.54, 1.807) is 31.4 Å². The van der Waals surface area contributed by atoms with E-state index in [1.165, 1.54) is 6.07 Å². The fourth-order valence-corrected chi connectivity index (χ4v) is 2.85. The predicted molar refractivity (Wildman–Crippen MR) is 101 cm³/mol. The Morgan fingerprint density at radius 2 is 1.77 bits per heavy atom. The van der Waals surface area contributed by atoms with Gasteiger partial charge in [-0.2, -0.15) is 0 Å². The highest BCUT2D eigenvalue weighted by molar-refractivity contribution is 5.81. The van der Waals surface area contributed by atoms with Gasteiger partial charge in [-0.3, -0.25) is 10.1 Å². The number of nitro benzene ring substituents is 1. The zero-order valence-electron chi connectivity index (χ0n) is 14.6. The van der Waals surface area contributed by atoms with E-state index in [0.29, 0.717) is 29.2 Å². The Morgan fingerprint density at radius 1 is 1.00 bits per heavy atom. The van der Waals surface area contributed by atoms with Gasteiger partial charge in [-0.15, -0.1) is 0 Å². The van der Waals surface area contributed by atoms with E-state index in [2.05, 4.69) is 0 Å². The number of nitrogens with zero attached hydrogens (tertiary/aromatic N) is 1. The van der Waals surface area contributed by atoms with E-state index in [0.717, 1.165) is 11.1 Å². The van der Waals surface area contributed by atoms with Crippen molar-refractivity contribution in [1.82, 2.24) is 0 Å². The van der Waals surface area contributed by atoms with Gasteiger partial charge in [0, 0.05) is 17.7 Å². The maximum atomic E-state index is 11.5. The van der Waals surface area contributed by atoms with E-state index in [4.69, 9.17) is 9.47 Å². The Morgan fingerprint density at radius 3 is 2.46 bits per heavy atom. The molecule has 3 rings (SSSR count). The van der Waals surface area contributed by atoms with Crippen LogP contribution in [-0.2, 0) is 6.61 Å². The lowest BCUT2D eigenvalue weighted by Gasteiger charge is -2.15. The molecule has 3 aromatic rings. The summed E-state index contributed by atoms with van der Waals surface area (Å²) in [5.74, 6) is 1.18. The van der Waals surface area contributed by atoms with Gasteiger partial charge in [0.2, 0.25) is 0 Å². The summed E-state index contributed by atoms with van der Waals surface area (Å²) in [5, 5.41) is 11.5. The summed E-state index contributed by atoms with van der Waals surface area (Å²) in [5.41, 5.74) is 3.11. The lowest BCUT2D eigenvalue weighted by molar-refractivity contribution is -0.384. The molecule has 0 saturated heterocycles. The number of methoxy groups -OCH3 is 1. The fraction of sp³-hybridized carbons (Fsp3) is 0.143. The van der Waals surface area contributed by atoms with Crippen molar-refractivity contribution in [3.63, 3.8) is 0 Å². The minimum absolute atomic E-state index is 0.0553. The maximum absolute atomic E-state index is 11.5. The Balaban J connectivity index is 2.06.